The predicted molar refractivity (Wildman–Crippen MR) is 136 cm³/mol. The molecule has 2 aromatic heterocycles. The van der Waals surface area contributed by atoms with E-state index in [4.69, 9.17) is 9.15 Å². The van der Waals surface area contributed by atoms with Crippen LogP contribution in [0.15, 0.2) is 34.7 Å². The number of piperidine rings is 1. The van der Waals surface area contributed by atoms with E-state index in [1.807, 2.05) is 43.0 Å². The number of piperazine rings is 1. The highest BCUT2D eigenvalue weighted by atomic mass is 16.5. The van der Waals surface area contributed by atoms with Crippen molar-refractivity contribution in [2.24, 2.45) is 0 Å². The van der Waals surface area contributed by atoms with Crippen LogP contribution < -0.4 is 10.2 Å². The highest BCUT2D eigenvalue weighted by molar-refractivity contribution is 5.87. The van der Waals surface area contributed by atoms with Gasteiger partial charge < -0.3 is 24.3 Å². The summed E-state index contributed by atoms with van der Waals surface area (Å²) in [4.78, 5) is 31.3. The zero-order chi connectivity index (χ0) is 26.0. The van der Waals surface area contributed by atoms with Crippen LogP contribution in [0.1, 0.15) is 41.4 Å². The SMILES string of the molecule is COCc1cccc(-c2oc(C)nc2CN2CCNC3(CCN(c4nc(C)cc(C#N)n4)CC3)C2=O)c1. The normalized spacial score (nSPS) is 17.3. The second-order valence-electron chi connectivity index (χ2n) is 9.67. The van der Waals surface area contributed by atoms with Crippen LogP contribution in [-0.2, 0) is 22.7 Å². The fourth-order valence-electron chi connectivity index (χ4n) is 5.24. The van der Waals surface area contributed by atoms with Crippen LogP contribution in [0.3, 0.4) is 0 Å². The van der Waals surface area contributed by atoms with Crippen LogP contribution in [0.5, 0.6) is 0 Å². The highest BCUT2D eigenvalue weighted by Crippen LogP contribution is 2.32. The Hall–Kier alpha value is -3.81. The summed E-state index contributed by atoms with van der Waals surface area (Å²) in [5.41, 5.74) is 3.20. The number of benzene rings is 1. The lowest BCUT2D eigenvalue weighted by Crippen LogP contribution is -2.67. The van der Waals surface area contributed by atoms with Crippen molar-refractivity contribution >= 4 is 11.9 Å². The summed E-state index contributed by atoms with van der Waals surface area (Å²) >= 11 is 0. The summed E-state index contributed by atoms with van der Waals surface area (Å²) in [7, 11) is 1.67. The topological polar surface area (TPSA) is 120 Å². The van der Waals surface area contributed by atoms with Crippen LogP contribution in [0.25, 0.3) is 11.3 Å². The van der Waals surface area contributed by atoms with Crippen molar-refractivity contribution in [2.75, 3.05) is 38.2 Å². The van der Waals surface area contributed by atoms with E-state index in [1.54, 1.807) is 13.2 Å². The first-order valence-electron chi connectivity index (χ1n) is 12.5. The third-order valence-electron chi connectivity index (χ3n) is 7.04. The van der Waals surface area contributed by atoms with Gasteiger partial charge in [0.25, 0.3) is 0 Å². The van der Waals surface area contributed by atoms with Crippen LogP contribution in [0.4, 0.5) is 5.95 Å². The summed E-state index contributed by atoms with van der Waals surface area (Å²) in [5, 5.41) is 12.8. The van der Waals surface area contributed by atoms with Crippen molar-refractivity contribution in [3.8, 4) is 17.4 Å². The van der Waals surface area contributed by atoms with E-state index in [2.05, 4.69) is 31.2 Å². The van der Waals surface area contributed by atoms with Gasteiger partial charge >= 0.3 is 0 Å². The number of nitrogens with one attached hydrogen (secondary N) is 1. The molecule has 0 radical (unpaired) electrons. The Labute approximate surface area is 216 Å². The van der Waals surface area contributed by atoms with Crippen molar-refractivity contribution in [3.63, 3.8) is 0 Å². The highest BCUT2D eigenvalue weighted by Gasteiger charge is 2.46. The molecule has 1 amide bonds. The van der Waals surface area contributed by atoms with E-state index in [0.717, 1.165) is 22.5 Å². The molecule has 0 bridgehead atoms. The number of hydrogen-bond donors (Lipinski definition) is 1. The lowest BCUT2D eigenvalue weighted by Gasteiger charge is -2.46. The van der Waals surface area contributed by atoms with Crippen LogP contribution >= 0.6 is 0 Å². The number of aryl methyl sites for hydroxylation is 2. The first-order chi connectivity index (χ1) is 17.9. The van der Waals surface area contributed by atoms with Gasteiger partial charge in [0.15, 0.2) is 11.7 Å². The molecule has 10 heteroatoms. The molecule has 1 spiro atoms. The maximum Gasteiger partial charge on any atom is 0.243 e. The smallest absolute Gasteiger partial charge is 0.243 e. The third-order valence-corrected chi connectivity index (χ3v) is 7.04. The predicted octanol–water partition coefficient (Wildman–Crippen LogP) is 2.74. The molecule has 0 atom stereocenters. The van der Waals surface area contributed by atoms with E-state index in [-0.39, 0.29) is 5.91 Å². The van der Waals surface area contributed by atoms with Gasteiger partial charge in [0.2, 0.25) is 11.9 Å². The van der Waals surface area contributed by atoms with Gasteiger partial charge in [-0.25, -0.2) is 15.0 Å². The van der Waals surface area contributed by atoms with E-state index in [9.17, 15) is 10.1 Å². The first kappa shape index (κ1) is 24.9. The van der Waals surface area contributed by atoms with Gasteiger partial charge in [-0.15, -0.1) is 0 Å². The Bertz CT molecular complexity index is 1340. The molecule has 2 aliphatic heterocycles. The quantitative estimate of drug-likeness (QED) is 0.543. The maximum atomic E-state index is 13.8. The van der Waals surface area contributed by atoms with Crippen molar-refractivity contribution < 1.29 is 13.9 Å². The molecule has 5 rings (SSSR count). The molecule has 10 nitrogen and oxygen atoms in total. The van der Waals surface area contributed by atoms with Gasteiger partial charge in [0, 0.05) is 51.5 Å². The van der Waals surface area contributed by atoms with Gasteiger partial charge in [-0.2, -0.15) is 5.26 Å². The number of oxazole rings is 1. The Morgan fingerprint density at radius 3 is 2.73 bits per heavy atom. The Kier molecular flexibility index (Phi) is 6.91. The molecule has 2 fully saturated rings. The molecule has 3 aromatic rings. The van der Waals surface area contributed by atoms with Crippen molar-refractivity contribution in [1.82, 2.24) is 25.2 Å². The summed E-state index contributed by atoms with van der Waals surface area (Å²) in [6.07, 6.45) is 1.26. The fourth-order valence-corrected chi connectivity index (χ4v) is 5.24. The molecule has 1 N–H and O–H groups in total. The van der Waals surface area contributed by atoms with E-state index < -0.39 is 5.54 Å². The molecule has 4 heterocycles. The lowest BCUT2D eigenvalue weighted by atomic mass is 9.84. The molecule has 1 aromatic carbocycles. The standard InChI is InChI=1S/C27H31N7O3/c1-18-13-22(15-28)32-26(30-18)33-10-7-27(8-11-33)25(35)34(12-9-29-27)16-23-24(37-19(2)31-23)21-6-4-5-20(14-21)17-36-3/h4-6,13-14,29H,7-12,16-17H2,1-3H3. The van der Waals surface area contributed by atoms with Crippen molar-refractivity contribution in [3.05, 3.63) is 58.9 Å². The molecule has 2 saturated heterocycles. The van der Waals surface area contributed by atoms with Crippen LogP contribution in [0, 0.1) is 25.2 Å². The fraction of sp³-hybridized carbons (Fsp3) is 0.444. The zero-order valence-corrected chi connectivity index (χ0v) is 21.5. The second kappa shape index (κ2) is 10.3. The number of methoxy groups -OCH3 is 1. The van der Waals surface area contributed by atoms with E-state index in [1.165, 1.54) is 0 Å². The summed E-state index contributed by atoms with van der Waals surface area (Å²) in [6.45, 7) is 7.15. The molecule has 0 aliphatic carbocycles. The van der Waals surface area contributed by atoms with Crippen molar-refractivity contribution in [2.45, 2.75) is 45.4 Å². The number of carbonyl (C=O) groups is 1. The Balaban J connectivity index is 1.32. The molecule has 192 valence electrons. The average molecular weight is 502 g/mol. The maximum absolute atomic E-state index is 13.8. The number of nitrogens with zero attached hydrogens (tertiary/aromatic N) is 6. The third kappa shape index (κ3) is 5.05. The molecule has 2 aliphatic rings. The largest absolute Gasteiger partial charge is 0.441 e. The van der Waals surface area contributed by atoms with Crippen molar-refractivity contribution in [1.29, 1.82) is 5.26 Å². The molecular formula is C27H31N7O3. The summed E-state index contributed by atoms with van der Waals surface area (Å²) in [5.74, 6) is 1.89. The monoisotopic (exact) mass is 501 g/mol. The first-order valence-corrected chi connectivity index (χ1v) is 12.5. The van der Waals surface area contributed by atoms with Gasteiger partial charge in [-0.1, -0.05) is 18.2 Å². The minimum atomic E-state index is -0.631. The summed E-state index contributed by atoms with van der Waals surface area (Å²) in [6, 6.07) is 11.8. The number of rotatable bonds is 6. The van der Waals surface area contributed by atoms with Gasteiger partial charge in [0.05, 0.1) is 13.2 Å². The lowest BCUT2D eigenvalue weighted by molar-refractivity contribution is -0.143. The van der Waals surface area contributed by atoms with Crippen LogP contribution in [-0.4, -0.2) is 64.6 Å². The molecule has 0 saturated carbocycles. The number of anilines is 1. The minimum absolute atomic E-state index is 0.0843. The molecule has 0 unspecified atom stereocenters. The van der Waals surface area contributed by atoms with E-state index >= 15 is 0 Å². The molecular weight excluding hydrogens is 470 g/mol. The Morgan fingerprint density at radius 1 is 1.16 bits per heavy atom. The van der Waals surface area contributed by atoms with Gasteiger partial charge in [-0.05, 0) is 37.5 Å². The molecule has 37 heavy (non-hydrogen) atoms. The number of amides is 1. The zero-order valence-electron chi connectivity index (χ0n) is 21.5. The average Bonchev–Trinajstić information content (AvgIpc) is 3.27. The Morgan fingerprint density at radius 2 is 1.97 bits per heavy atom. The number of ether oxygens (including phenoxy) is 1. The number of nitriles is 1. The number of aromatic nitrogens is 3. The second-order valence-corrected chi connectivity index (χ2v) is 9.67. The summed E-state index contributed by atoms with van der Waals surface area (Å²) < 4.78 is 11.3. The number of hydrogen-bond acceptors (Lipinski definition) is 9. The van der Waals surface area contributed by atoms with E-state index in [0.29, 0.717) is 75.5 Å². The van der Waals surface area contributed by atoms with Crippen LogP contribution in [0.2, 0.25) is 0 Å². The van der Waals surface area contributed by atoms with Gasteiger partial charge in [-0.3, -0.25) is 4.79 Å². The minimum Gasteiger partial charge on any atom is -0.441 e. The van der Waals surface area contributed by atoms with Gasteiger partial charge in [0.1, 0.15) is 23.0 Å². The number of carbonyl (C=O) groups excluding carboxylic acids is 1.